The predicted molar refractivity (Wildman–Crippen MR) is 214 cm³/mol. The molecule has 0 saturated heterocycles. The number of aromatic hydroxyl groups is 2. The van der Waals surface area contributed by atoms with Crippen LogP contribution in [0.5, 0.6) is 11.5 Å². The summed E-state index contributed by atoms with van der Waals surface area (Å²) in [6.07, 6.45) is 2.13. The van der Waals surface area contributed by atoms with Crippen molar-refractivity contribution in [1.29, 1.82) is 0 Å². The van der Waals surface area contributed by atoms with E-state index in [1.807, 2.05) is 44.2 Å². The summed E-state index contributed by atoms with van der Waals surface area (Å²) < 4.78 is 28.5. The lowest BCUT2D eigenvalue weighted by atomic mass is 10.3. The molecule has 2 heterocycles. The van der Waals surface area contributed by atoms with Crippen molar-refractivity contribution in [2.24, 2.45) is 0 Å². The van der Waals surface area contributed by atoms with Crippen molar-refractivity contribution in [1.82, 2.24) is 30.2 Å². The smallest absolute Gasteiger partial charge is 0.275 e. The van der Waals surface area contributed by atoms with Crippen molar-refractivity contribution in [2.75, 3.05) is 14.1 Å². The van der Waals surface area contributed by atoms with Gasteiger partial charge in [-0.1, -0.05) is 85.2 Å². The molecule has 6 aromatic rings. The number of carbonyl (C=O) groups excluding carboxylic acids is 2. The number of hydrogen-bond donors (Lipinski definition) is 4. The van der Waals surface area contributed by atoms with Gasteiger partial charge < -0.3 is 20.8 Å². The highest BCUT2D eigenvalue weighted by Gasteiger charge is 2.24. The molecular weight excluding hydrogens is 803 g/mol. The molecule has 18 heteroatoms. The molecule has 4 N–H and O–H groups in total. The van der Waals surface area contributed by atoms with E-state index in [0.717, 1.165) is 20.7 Å². The van der Waals surface area contributed by atoms with Gasteiger partial charge in [0.05, 0.1) is 33.6 Å². The molecule has 14 nitrogen and oxygen atoms in total. The predicted octanol–water partition coefficient (Wildman–Crippen LogP) is 5.91. The molecule has 6 rings (SSSR count). The number of para-hydroxylation sites is 2. The van der Waals surface area contributed by atoms with Crippen LogP contribution in [0, 0.1) is 0 Å². The lowest BCUT2D eigenvalue weighted by Gasteiger charge is -2.13. The number of benzene rings is 4. The highest BCUT2D eigenvalue weighted by Crippen LogP contribution is 2.33. The molecule has 0 fully saturated rings. The number of halogens is 2. The molecule has 2 aromatic heterocycles. The maximum atomic E-state index is 13.1. The molecule has 0 radical (unpaired) electrons. The van der Waals surface area contributed by atoms with Crippen LogP contribution in [0.3, 0.4) is 0 Å². The summed E-state index contributed by atoms with van der Waals surface area (Å²) >= 11 is 13.4. The van der Waals surface area contributed by atoms with Gasteiger partial charge in [-0.3, -0.25) is 19.2 Å². The summed E-state index contributed by atoms with van der Waals surface area (Å²) in [6, 6.07) is 26.3. The Bertz CT molecular complexity index is 2640. The van der Waals surface area contributed by atoms with Crippen LogP contribution in [-0.2, 0) is 9.84 Å². The monoisotopic (exact) mass is 836 g/mol. The summed E-state index contributed by atoms with van der Waals surface area (Å²) in [4.78, 5) is 49.2. The lowest BCUT2D eigenvalue weighted by molar-refractivity contribution is 0.0946. The van der Waals surface area contributed by atoms with Crippen LogP contribution < -0.4 is 21.5 Å². The van der Waals surface area contributed by atoms with Crippen LogP contribution >= 0.6 is 35.0 Å². The minimum atomic E-state index is -4.01. The summed E-state index contributed by atoms with van der Waals surface area (Å²) in [6.45, 7) is 4.00. The van der Waals surface area contributed by atoms with Gasteiger partial charge in [0.15, 0.2) is 22.9 Å². The minimum absolute atomic E-state index is 0.0377. The van der Waals surface area contributed by atoms with E-state index in [1.165, 1.54) is 73.1 Å². The number of hydrogen-bond acceptors (Lipinski definition) is 11. The zero-order valence-electron chi connectivity index (χ0n) is 30.1. The SMILES string of the molecule is CC.CNC(=O)c1nn(-c2ccccc2S(=O)(=O)c2cccc(Cl)c2)cc(O)c1=O.CNC(=O)c1nn(-c2ccccc2Sc2cccc(Cl)c2)cc(O)c1=O. The Balaban J connectivity index is 0.000000239. The fraction of sp³-hybridized carbons (Fsp3) is 0.105. The molecule has 0 atom stereocenters. The number of sulfone groups is 1. The Kier molecular flexibility index (Phi) is 14.6. The maximum absolute atomic E-state index is 13.1. The zero-order valence-corrected chi connectivity index (χ0v) is 33.2. The zero-order chi connectivity index (χ0) is 41.2. The topological polar surface area (TPSA) is 203 Å². The molecular formula is C38H34Cl2N6O8S2. The van der Waals surface area contributed by atoms with Crippen LogP contribution in [0.4, 0.5) is 0 Å². The number of nitrogens with zero attached hydrogens (tertiary/aromatic N) is 4. The molecule has 290 valence electrons. The Morgan fingerprint density at radius 1 is 0.679 bits per heavy atom. The highest BCUT2D eigenvalue weighted by atomic mass is 35.5. The van der Waals surface area contributed by atoms with Gasteiger partial charge in [0.25, 0.3) is 22.7 Å². The van der Waals surface area contributed by atoms with Gasteiger partial charge in [-0.05, 0) is 60.7 Å². The molecule has 0 aliphatic carbocycles. The quantitative estimate of drug-likeness (QED) is 0.142. The first-order chi connectivity index (χ1) is 26.7. The third-order valence-corrected chi connectivity index (χ3v) is 10.7. The summed E-state index contributed by atoms with van der Waals surface area (Å²) in [5.74, 6) is -2.78. The molecule has 0 aliphatic rings. The second kappa shape index (κ2) is 19.1. The third-order valence-electron chi connectivity index (χ3n) is 7.33. The van der Waals surface area contributed by atoms with Crippen molar-refractivity contribution in [2.45, 2.75) is 33.4 Å². The minimum Gasteiger partial charge on any atom is -0.503 e. The molecule has 0 unspecified atom stereocenters. The first-order valence-electron chi connectivity index (χ1n) is 16.5. The average molecular weight is 838 g/mol. The Morgan fingerprint density at radius 2 is 1.16 bits per heavy atom. The summed E-state index contributed by atoms with van der Waals surface area (Å²) in [7, 11) is -1.32. The Labute approximate surface area is 335 Å². The van der Waals surface area contributed by atoms with Crippen LogP contribution in [-0.4, -0.2) is 64.1 Å². The van der Waals surface area contributed by atoms with Crippen LogP contribution in [0.2, 0.25) is 10.0 Å². The van der Waals surface area contributed by atoms with Crippen molar-refractivity contribution < 1.29 is 28.2 Å². The van der Waals surface area contributed by atoms with E-state index in [0.29, 0.717) is 10.7 Å². The van der Waals surface area contributed by atoms with E-state index in [2.05, 4.69) is 20.8 Å². The average Bonchev–Trinajstić information content (AvgIpc) is 3.20. The van der Waals surface area contributed by atoms with Crippen LogP contribution in [0.15, 0.2) is 139 Å². The summed E-state index contributed by atoms with van der Waals surface area (Å²) in [5.41, 5.74) is -2.08. The first-order valence-corrected chi connectivity index (χ1v) is 19.5. The van der Waals surface area contributed by atoms with Crippen LogP contribution in [0.25, 0.3) is 11.4 Å². The molecule has 0 spiro atoms. The molecule has 0 saturated carbocycles. The number of rotatable bonds is 8. The first kappa shape index (κ1) is 42.8. The van der Waals surface area contributed by atoms with E-state index < -0.39 is 49.7 Å². The molecule has 0 aliphatic heterocycles. The van der Waals surface area contributed by atoms with Gasteiger partial charge in [-0.25, -0.2) is 17.8 Å². The van der Waals surface area contributed by atoms with Crippen molar-refractivity contribution in [3.63, 3.8) is 0 Å². The van der Waals surface area contributed by atoms with Gasteiger partial charge in [0.1, 0.15) is 0 Å². The van der Waals surface area contributed by atoms with Gasteiger partial charge in [-0.15, -0.1) is 0 Å². The van der Waals surface area contributed by atoms with E-state index in [9.17, 15) is 37.8 Å². The largest absolute Gasteiger partial charge is 0.503 e. The second-order valence-electron chi connectivity index (χ2n) is 10.9. The molecule has 0 bridgehead atoms. The lowest BCUT2D eigenvalue weighted by Crippen LogP contribution is -2.29. The van der Waals surface area contributed by atoms with E-state index in [1.54, 1.807) is 30.3 Å². The van der Waals surface area contributed by atoms with Gasteiger partial charge in [0.2, 0.25) is 9.84 Å². The molecule has 2 amide bonds. The number of aromatic nitrogens is 4. The van der Waals surface area contributed by atoms with Gasteiger partial charge >= 0.3 is 0 Å². The Morgan fingerprint density at radius 3 is 1.70 bits per heavy atom. The number of carbonyl (C=O) groups is 2. The summed E-state index contributed by atoms with van der Waals surface area (Å²) in [5, 5.41) is 33.3. The Hall–Kier alpha value is -5.94. The highest BCUT2D eigenvalue weighted by molar-refractivity contribution is 7.99. The third kappa shape index (κ3) is 9.83. The second-order valence-corrected chi connectivity index (χ2v) is 14.8. The van der Waals surface area contributed by atoms with E-state index in [4.69, 9.17) is 23.2 Å². The van der Waals surface area contributed by atoms with Gasteiger partial charge in [0, 0.05) is 33.9 Å². The van der Waals surface area contributed by atoms with Crippen molar-refractivity contribution in [3.05, 3.63) is 151 Å². The maximum Gasteiger partial charge on any atom is 0.275 e. The standard InChI is InChI=1S/C18H14ClN3O5S.C18H14ClN3O3S.C2H6/c1-20-18(25)16-17(24)14(23)10-22(21-16)13-7-2-3-8-15(13)28(26,27)12-6-4-5-11(19)9-12;1-20-18(25)16-17(24)14(23)10-22(21-16)13-7-2-3-8-15(13)26-12-6-4-5-11(19)9-12;1-2/h2-10,23H,1H3,(H,20,25);2-10,23H,1H3,(H,20,25);1-2H3. The van der Waals surface area contributed by atoms with Crippen molar-refractivity contribution in [3.8, 4) is 22.9 Å². The fourth-order valence-corrected chi connectivity index (χ4v) is 7.76. The van der Waals surface area contributed by atoms with E-state index >= 15 is 0 Å². The number of amides is 2. The van der Waals surface area contributed by atoms with E-state index in [-0.39, 0.29) is 26.2 Å². The molecule has 4 aromatic carbocycles. The number of nitrogens with one attached hydrogen (secondary N) is 2. The normalized spacial score (nSPS) is 10.6. The molecule has 56 heavy (non-hydrogen) atoms. The fourth-order valence-electron chi connectivity index (χ4n) is 4.76. The van der Waals surface area contributed by atoms with Crippen molar-refractivity contribution >= 4 is 56.6 Å². The van der Waals surface area contributed by atoms with Crippen LogP contribution in [0.1, 0.15) is 34.8 Å². The van der Waals surface area contributed by atoms with Gasteiger partial charge in [-0.2, -0.15) is 10.2 Å².